The average molecular weight is 906 g/mol. The second-order valence-corrected chi connectivity index (χ2v) is 15.1. The van der Waals surface area contributed by atoms with E-state index in [1.54, 1.807) is 6.07 Å². The van der Waals surface area contributed by atoms with Crippen LogP contribution in [0.15, 0.2) is 162 Å². The first-order chi connectivity index (χ1) is 26.8. The van der Waals surface area contributed by atoms with Gasteiger partial charge in [0.2, 0.25) is 0 Å². The van der Waals surface area contributed by atoms with E-state index >= 15 is 0 Å². The molecule has 10 aromatic rings. The zero-order valence-electron chi connectivity index (χ0n) is 31.0. The van der Waals surface area contributed by atoms with Gasteiger partial charge >= 0.3 is 0 Å². The minimum atomic E-state index is -0.0526. The Labute approximate surface area is 339 Å². The first kappa shape index (κ1) is 35.4. The van der Waals surface area contributed by atoms with E-state index in [2.05, 4.69) is 128 Å². The third-order valence-electron chi connectivity index (χ3n) is 10.6. The van der Waals surface area contributed by atoms with Crippen LogP contribution in [0.5, 0.6) is 5.75 Å². The summed E-state index contributed by atoms with van der Waals surface area (Å²) in [5, 5.41) is 15.7. The Bertz CT molecular complexity index is 3100. The Balaban J connectivity index is 0.00000410. The number of benzene rings is 7. The molecule has 0 amide bonds. The van der Waals surface area contributed by atoms with Crippen molar-refractivity contribution in [2.24, 2.45) is 0 Å². The number of aromatic nitrogens is 3. The number of para-hydroxylation sites is 2. The van der Waals surface area contributed by atoms with Crippen LogP contribution in [-0.2, 0) is 26.5 Å². The van der Waals surface area contributed by atoms with Crippen molar-refractivity contribution >= 4 is 43.7 Å². The summed E-state index contributed by atoms with van der Waals surface area (Å²) in [6.45, 7) is 6.71. The number of hydrogen-bond acceptors (Lipinski definition) is 4. The van der Waals surface area contributed by atoms with Gasteiger partial charge in [0.25, 0.3) is 0 Å². The Morgan fingerprint density at radius 3 is 2.25 bits per heavy atom. The fraction of sp³-hybridized carbons (Fsp3) is 0.0800. The zero-order valence-corrected chi connectivity index (χ0v) is 33.3. The number of phenols is 1. The first-order valence-electron chi connectivity index (χ1n) is 18.6. The summed E-state index contributed by atoms with van der Waals surface area (Å²) in [5.74, 6) is 0.817. The fourth-order valence-electron chi connectivity index (χ4n) is 7.88. The van der Waals surface area contributed by atoms with E-state index in [0.717, 1.165) is 77.6 Å². The predicted octanol–water partition coefficient (Wildman–Crippen LogP) is 12.9. The normalized spacial score (nSPS) is 11.8. The molecule has 3 aromatic heterocycles. The number of phenolic OH excluding ortho intramolecular Hbond substituents is 1. The third kappa shape index (κ3) is 5.82. The molecule has 0 unspecified atom stereocenters. The molecule has 10 rings (SSSR count). The van der Waals surface area contributed by atoms with Crippen molar-refractivity contribution in [3.05, 3.63) is 169 Å². The van der Waals surface area contributed by atoms with Crippen LogP contribution >= 0.6 is 0 Å². The van der Waals surface area contributed by atoms with Gasteiger partial charge in [-0.25, -0.2) is 4.98 Å². The van der Waals surface area contributed by atoms with Crippen LogP contribution in [0.1, 0.15) is 26.3 Å². The summed E-state index contributed by atoms with van der Waals surface area (Å²) >= 11 is 0. The predicted molar refractivity (Wildman–Crippen MR) is 225 cm³/mol. The maximum Gasteiger partial charge on any atom is 0.148 e. The number of rotatable bonds is 5. The smallest absolute Gasteiger partial charge is 0.148 e. The van der Waals surface area contributed by atoms with E-state index in [1.807, 2.05) is 54.7 Å². The summed E-state index contributed by atoms with van der Waals surface area (Å²) in [6, 6.07) is 55.3. The van der Waals surface area contributed by atoms with Crippen LogP contribution in [0.2, 0.25) is 0 Å². The molecule has 5 nitrogen and oxygen atoms in total. The number of nitrogens with zero attached hydrogens (tertiary/aromatic N) is 3. The van der Waals surface area contributed by atoms with Gasteiger partial charge in [-0.05, 0) is 69.8 Å². The third-order valence-corrected chi connectivity index (χ3v) is 10.6. The molecule has 0 radical (unpaired) electrons. The van der Waals surface area contributed by atoms with Crippen LogP contribution in [0.4, 0.5) is 0 Å². The summed E-state index contributed by atoms with van der Waals surface area (Å²) in [6.07, 6.45) is 1.85. The van der Waals surface area contributed by atoms with Gasteiger partial charge in [0.15, 0.2) is 0 Å². The molecule has 0 saturated carbocycles. The van der Waals surface area contributed by atoms with Gasteiger partial charge in [-0.2, -0.15) is 0 Å². The molecular formula is C50H36N3O2Pt-. The van der Waals surface area contributed by atoms with Crippen molar-refractivity contribution in [1.82, 2.24) is 14.5 Å². The Morgan fingerprint density at radius 1 is 0.661 bits per heavy atom. The van der Waals surface area contributed by atoms with Gasteiger partial charge in [0.05, 0.1) is 22.3 Å². The van der Waals surface area contributed by atoms with Crippen molar-refractivity contribution < 1.29 is 30.6 Å². The molecule has 0 bridgehead atoms. The molecular weight excluding hydrogens is 870 g/mol. The molecule has 56 heavy (non-hydrogen) atoms. The minimum Gasteiger partial charge on any atom is -0.507 e. The molecule has 0 aliphatic heterocycles. The maximum absolute atomic E-state index is 11.3. The van der Waals surface area contributed by atoms with Crippen LogP contribution in [-0.4, -0.2) is 19.6 Å². The monoisotopic (exact) mass is 905 g/mol. The van der Waals surface area contributed by atoms with Crippen molar-refractivity contribution in [3.63, 3.8) is 0 Å². The van der Waals surface area contributed by atoms with E-state index < -0.39 is 0 Å². The van der Waals surface area contributed by atoms with Gasteiger partial charge in [0, 0.05) is 49.3 Å². The molecule has 7 aromatic carbocycles. The summed E-state index contributed by atoms with van der Waals surface area (Å²) in [4.78, 5) is 10.2. The van der Waals surface area contributed by atoms with Gasteiger partial charge in [-0.3, -0.25) is 9.55 Å². The van der Waals surface area contributed by atoms with Crippen molar-refractivity contribution in [2.45, 2.75) is 26.2 Å². The largest absolute Gasteiger partial charge is 0.507 e. The molecule has 0 aliphatic rings. The number of furan rings is 1. The number of aromatic hydroxyl groups is 1. The molecule has 6 heteroatoms. The number of hydrogen-bond donors (Lipinski definition) is 1. The number of imidazole rings is 1. The van der Waals surface area contributed by atoms with E-state index in [1.165, 1.54) is 10.9 Å². The summed E-state index contributed by atoms with van der Waals surface area (Å²) in [5.41, 5.74) is 11.6. The number of fused-ring (bicyclic) bond motifs is 6. The SMILES string of the molecule is CC(C)(C)c1ccc(-n2c(-c3ccccc3O)nc3c(-c4[c-]c(-c5nccc6c5oc5ccc7ccccc7c56)ccc4)cccc32)c(-c2ccccc2)c1.[Pt]. The van der Waals surface area contributed by atoms with Crippen LogP contribution in [0, 0.1) is 6.07 Å². The molecule has 0 atom stereocenters. The van der Waals surface area contributed by atoms with Crippen LogP contribution < -0.4 is 0 Å². The molecule has 0 spiro atoms. The second kappa shape index (κ2) is 13.8. The molecule has 0 fully saturated rings. The van der Waals surface area contributed by atoms with E-state index in [9.17, 15) is 5.11 Å². The molecule has 0 saturated heterocycles. The van der Waals surface area contributed by atoms with Gasteiger partial charge in [-0.15, -0.1) is 29.8 Å². The van der Waals surface area contributed by atoms with Crippen LogP contribution in [0.3, 0.4) is 0 Å². The Hall–Kier alpha value is -6.29. The molecule has 1 N–H and O–H groups in total. The summed E-state index contributed by atoms with van der Waals surface area (Å²) < 4.78 is 8.73. The quantitative estimate of drug-likeness (QED) is 0.175. The first-order valence-corrected chi connectivity index (χ1v) is 18.6. The van der Waals surface area contributed by atoms with Crippen molar-refractivity contribution in [1.29, 1.82) is 0 Å². The topological polar surface area (TPSA) is 64.1 Å². The maximum atomic E-state index is 11.3. The van der Waals surface area contributed by atoms with Crippen molar-refractivity contribution in [3.8, 4) is 56.3 Å². The zero-order chi connectivity index (χ0) is 37.3. The van der Waals surface area contributed by atoms with Crippen molar-refractivity contribution in [2.75, 3.05) is 0 Å². The van der Waals surface area contributed by atoms with Gasteiger partial charge < -0.3 is 9.52 Å². The Kier molecular flexibility index (Phi) is 8.71. The fourth-order valence-corrected chi connectivity index (χ4v) is 7.88. The van der Waals surface area contributed by atoms with E-state index in [-0.39, 0.29) is 32.2 Å². The van der Waals surface area contributed by atoms with Crippen LogP contribution in [0.25, 0.3) is 94.3 Å². The van der Waals surface area contributed by atoms with Gasteiger partial charge in [0.1, 0.15) is 22.7 Å². The minimum absolute atomic E-state index is 0. The second-order valence-electron chi connectivity index (χ2n) is 15.1. The summed E-state index contributed by atoms with van der Waals surface area (Å²) in [7, 11) is 0. The average Bonchev–Trinajstić information content (AvgIpc) is 3.80. The standard InChI is InChI=1S/C50H36N3O2.Pt/c1-50(2,3)35-24-25-41(40(30-35)31-13-5-4-6-14-31)53-42-21-12-20-37(47(42)52-49(53)38-19-9-10-22-43(38)54)33-16-11-17-34(29-33)46-48-39(27-28-51-46)45-36-18-8-7-15-32(36)23-26-44(45)55-48;/h4-28,30,54H,1-3H3;/q-1;. The Morgan fingerprint density at radius 2 is 1.41 bits per heavy atom. The molecule has 3 heterocycles. The van der Waals surface area contributed by atoms with E-state index in [4.69, 9.17) is 14.4 Å². The number of pyridine rings is 1. The molecule has 0 aliphatic carbocycles. The molecule has 274 valence electrons. The van der Waals surface area contributed by atoms with E-state index in [0.29, 0.717) is 11.4 Å². The van der Waals surface area contributed by atoms with Gasteiger partial charge in [-0.1, -0.05) is 123 Å².